The maximum absolute atomic E-state index is 5.27. The molecule has 1 fully saturated rings. The molecule has 1 atom stereocenters. The molecular formula is C16H21N3O. The molecule has 0 aliphatic carbocycles. The van der Waals surface area contributed by atoms with Gasteiger partial charge in [-0.15, -0.1) is 0 Å². The normalized spacial score (nSPS) is 18.4. The van der Waals surface area contributed by atoms with Crippen LogP contribution in [0.4, 0.5) is 0 Å². The molecule has 1 aromatic carbocycles. The number of ether oxygens (including phenoxy) is 1. The van der Waals surface area contributed by atoms with E-state index in [-0.39, 0.29) is 0 Å². The molecule has 2 heterocycles. The molecule has 0 spiro atoms. The number of hydrogen-bond donors (Lipinski definition) is 1. The first-order chi connectivity index (χ1) is 9.86. The summed E-state index contributed by atoms with van der Waals surface area (Å²) in [5, 5.41) is 3.53. The van der Waals surface area contributed by atoms with Crippen molar-refractivity contribution in [2.24, 2.45) is 0 Å². The van der Waals surface area contributed by atoms with Crippen LogP contribution in [0.15, 0.2) is 36.8 Å². The number of rotatable bonds is 5. The highest BCUT2D eigenvalue weighted by atomic mass is 16.5. The molecule has 0 saturated carbocycles. The molecule has 1 aliphatic rings. The number of nitrogens with zero attached hydrogens (tertiary/aromatic N) is 2. The fraction of sp³-hybridized carbons (Fsp3) is 0.438. The van der Waals surface area contributed by atoms with E-state index in [9.17, 15) is 0 Å². The number of benzene rings is 1. The van der Waals surface area contributed by atoms with E-state index >= 15 is 0 Å². The van der Waals surface area contributed by atoms with Crippen molar-refractivity contribution in [3.05, 3.63) is 48.0 Å². The predicted molar refractivity (Wildman–Crippen MR) is 78.9 cm³/mol. The van der Waals surface area contributed by atoms with Crippen molar-refractivity contribution in [1.82, 2.24) is 14.9 Å². The molecule has 0 radical (unpaired) electrons. The van der Waals surface area contributed by atoms with Crippen molar-refractivity contribution >= 4 is 0 Å². The second-order valence-corrected chi connectivity index (χ2v) is 5.26. The third-order valence-corrected chi connectivity index (χ3v) is 3.94. The van der Waals surface area contributed by atoms with E-state index in [1.165, 1.54) is 24.1 Å². The summed E-state index contributed by atoms with van der Waals surface area (Å²) in [6.07, 6.45) is 7.40. The van der Waals surface area contributed by atoms with Crippen molar-refractivity contribution in [3.8, 4) is 5.75 Å². The maximum atomic E-state index is 5.27. The monoisotopic (exact) mass is 271 g/mol. The lowest BCUT2D eigenvalue weighted by Gasteiger charge is -2.14. The molecule has 1 N–H and O–H groups in total. The van der Waals surface area contributed by atoms with Crippen LogP contribution in [-0.4, -0.2) is 23.2 Å². The maximum Gasteiger partial charge on any atom is 0.119 e. The fourth-order valence-corrected chi connectivity index (χ4v) is 2.82. The first-order valence-electron chi connectivity index (χ1n) is 7.23. The lowest BCUT2D eigenvalue weighted by Crippen LogP contribution is -2.17. The highest BCUT2D eigenvalue weighted by Gasteiger charge is 2.19. The van der Waals surface area contributed by atoms with Crippen molar-refractivity contribution < 1.29 is 4.74 Å². The van der Waals surface area contributed by atoms with Crippen LogP contribution in [-0.2, 0) is 13.0 Å². The van der Waals surface area contributed by atoms with Gasteiger partial charge in [-0.2, -0.15) is 0 Å². The van der Waals surface area contributed by atoms with Gasteiger partial charge in [-0.05, 0) is 43.5 Å². The Labute approximate surface area is 119 Å². The van der Waals surface area contributed by atoms with Gasteiger partial charge in [-0.3, -0.25) is 0 Å². The predicted octanol–water partition coefficient (Wildman–Crippen LogP) is 2.56. The Hall–Kier alpha value is -1.81. The lowest BCUT2D eigenvalue weighted by atomic mass is 10.1. The van der Waals surface area contributed by atoms with E-state index in [1.54, 1.807) is 7.11 Å². The zero-order valence-electron chi connectivity index (χ0n) is 11.9. The summed E-state index contributed by atoms with van der Waals surface area (Å²) >= 11 is 0. The highest BCUT2D eigenvalue weighted by molar-refractivity contribution is 5.28. The number of nitrogens with one attached hydrogen (secondary N) is 1. The van der Waals surface area contributed by atoms with Crippen molar-refractivity contribution in [2.75, 3.05) is 13.7 Å². The minimum Gasteiger partial charge on any atom is -0.497 e. The molecular weight excluding hydrogens is 250 g/mol. The Kier molecular flexibility index (Phi) is 4.02. The number of imidazole rings is 1. The summed E-state index contributed by atoms with van der Waals surface area (Å²) in [7, 11) is 1.71. The van der Waals surface area contributed by atoms with Crippen LogP contribution in [0.5, 0.6) is 5.75 Å². The molecule has 106 valence electrons. The zero-order chi connectivity index (χ0) is 13.8. The second kappa shape index (κ2) is 6.09. The molecule has 20 heavy (non-hydrogen) atoms. The van der Waals surface area contributed by atoms with E-state index in [0.717, 1.165) is 25.3 Å². The van der Waals surface area contributed by atoms with Gasteiger partial charge in [0.05, 0.1) is 19.1 Å². The van der Waals surface area contributed by atoms with Crippen LogP contribution in [0.2, 0.25) is 0 Å². The summed E-state index contributed by atoms with van der Waals surface area (Å²) < 4.78 is 7.53. The quantitative estimate of drug-likeness (QED) is 0.908. The topological polar surface area (TPSA) is 39.1 Å². The van der Waals surface area contributed by atoms with Gasteiger partial charge in [-0.1, -0.05) is 12.1 Å². The van der Waals surface area contributed by atoms with Gasteiger partial charge in [0.2, 0.25) is 0 Å². The number of methoxy groups -OCH3 is 1. The Morgan fingerprint density at radius 2 is 2.40 bits per heavy atom. The number of aromatic nitrogens is 2. The molecule has 1 aliphatic heterocycles. The molecule has 4 nitrogen and oxygen atoms in total. The summed E-state index contributed by atoms with van der Waals surface area (Å²) in [5.74, 6) is 0.922. The van der Waals surface area contributed by atoms with Gasteiger partial charge < -0.3 is 14.6 Å². The molecule has 4 heteroatoms. The fourth-order valence-electron chi connectivity index (χ4n) is 2.82. The van der Waals surface area contributed by atoms with E-state index in [1.807, 2.05) is 24.7 Å². The Balaban J connectivity index is 1.67. The van der Waals surface area contributed by atoms with Gasteiger partial charge in [-0.25, -0.2) is 4.98 Å². The van der Waals surface area contributed by atoms with Crippen LogP contribution in [0, 0.1) is 0 Å². The summed E-state index contributed by atoms with van der Waals surface area (Å²) in [6, 6.07) is 8.75. The Bertz CT molecular complexity index is 558. The number of aryl methyl sites for hydroxylation is 2. The molecule has 1 aromatic heterocycles. The average Bonchev–Trinajstić information content (AvgIpc) is 3.16. The smallest absolute Gasteiger partial charge is 0.119 e. The summed E-state index contributed by atoms with van der Waals surface area (Å²) in [4.78, 5) is 4.31. The van der Waals surface area contributed by atoms with Crippen molar-refractivity contribution in [3.63, 3.8) is 0 Å². The van der Waals surface area contributed by atoms with Gasteiger partial charge in [0, 0.05) is 18.8 Å². The standard InChI is InChI=1S/C16H21N3O/c1-20-14-5-2-4-13(10-14)7-9-19-12-17-11-16(19)15-6-3-8-18-15/h2,4-5,10-12,15,18H,3,6-9H2,1H3/t15-/m0/s1. The van der Waals surface area contributed by atoms with E-state index < -0.39 is 0 Å². The first-order valence-corrected chi connectivity index (χ1v) is 7.23. The SMILES string of the molecule is COc1cccc(CCn2cncc2[C@@H]2CCCN2)c1. The second-order valence-electron chi connectivity index (χ2n) is 5.26. The molecule has 0 amide bonds. The molecule has 2 aromatic rings. The van der Waals surface area contributed by atoms with Gasteiger partial charge in [0.25, 0.3) is 0 Å². The minimum atomic E-state index is 0.475. The van der Waals surface area contributed by atoms with Gasteiger partial charge in [0.1, 0.15) is 5.75 Å². The largest absolute Gasteiger partial charge is 0.497 e. The molecule has 0 bridgehead atoms. The van der Waals surface area contributed by atoms with E-state index in [0.29, 0.717) is 6.04 Å². The summed E-state index contributed by atoms with van der Waals surface area (Å²) in [6.45, 7) is 2.08. The summed E-state index contributed by atoms with van der Waals surface area (Å²) in [5.41, 5.74) is 2.61. The molecule has 1 saturated heterocycles. The molecule has 3 rings (SSSR count). The van der Waals surface area contributed by atoms with Gasteiger partial charge >= 0.3 is 0 Å². The Morgan fingerprint density at radius 1 is 1.45 bits per heavy atom. The van der Waals surface area contributed by atoms with Gasteiger partial charge in [0.15, 0.2) is 0 Å². The van der Waals surface area contributed by atoms with Crippen LogP contribution in [0.1, 0.15) is 30.1 Å². The zero-order valence-corrected chi connectivity index (χ0v) is 11.9. The lowest BCUT2D eigenvalue weighted by molar-refractivity contribution is 0.414. The highest BCUT2D eigenvalue weighted by Crippen LogP contribution is 2.23. The minimum absolute atomic E-state index is 0.475. The van der Waals surface area contributed by atoms with Crippen molar-refractivity contribution in [1.29, 1.82) is 0 Å². The van der Waals surface area contributed by atoms with Crippen LogP contribution in [0.3, 0.4) is 0 Å². The van der Waals surface area contributed by atoms with Crippen LogP contribution < -0.4 is 10.1 Å². The third kappa shape index (κ3) is 2.85. The van der Waals surface area contributed by atoms with Crippen LogP contribution >= 0.6 is 0 Å². The molecule has 0 unspecified atom stereocenters. The van der Waals surface area contributed by atoms with Crippen LogP contribution in [0.25, 0.3) is 0 Å². The average molecular weight is 271 g/mol. The van der Waals surface area contributed by atoms with E-state index in [2.05, 4.69) is 27.0 Å². The Morgan fingerprint density at radius 3 is 3.20 bits per heavy atom. The number of hydrogen-bond acceptors (Lipinski definition) is 3. The third-order valence-electron chi connectivity index (χ3n) is 3.94. The van der Waals surface area contributed by atoms with Crippen molar-refractivity contribution in [2.45, 2.75) is 31.8 Å². The van der Waals surface area contributed by atoms with E-state index in [4.69, 9.17) is 4.74 Å². The first kappa shape index (κ1) is 13.2.